The van der Waals surface area contributed by atoms with E-state index in [1.165, 1.54) is 6.42 Å². The van der Waals surface area contributed by atoms with Crippen LogP contribution in [-0.4, -0.2) is 58.5 Å². The van der Waals surface area contributed by atoms with Gasteiger partial charge in [-0.05, 0) is 50.6 Å². The number of hydrogen-bond acceptors (Lipinski definition) is 6. The number of pyridine rings is 2. The Morgan fingerprint density at radius 3 is 2.97 bits per heavy atom. The minimum atomic E-state index is -0.0567. The summed E-state index contributed by atoms with van der Waals surface area (Å²) < 4.78 is 6.33. The molecule has 6 rings (SSSR count). The second kappa shape index (κ2) is 8.51. The molecule has 1 amide bonds. The molecule has 3 atom stereocenters. The highest BCUT2D eigenvalue weighted by Crippen LogP contribution is 2.43. The molecular formula is C25H28N6O2. The molecule has 3 aliphatic rings. The molecule has 3 N–H and O–H groups in total. The van der Waals surface area contributed by atoms with E-state index in [0.717, 1.165) is 66.6 Å². The number of aromatic amines is 1. The Balaban J connectivity index is 1.50. The van der Waals surface area contributed by atoms with Gasteiger partial charge < -0.3 is 25.3 Å². The van der Waals surface area contributed by atoms with E-state index in [0.29, 0.717) is 24.6 Å². The van der Waals surface area contributed by atoms with Gasteiger partial charge in [-0.1, -0.05) is 0 Å². The molecule has 33 heavy (non-hydrogen) atoms. The van der Waals surface area contributed by atoms with E-state index in [9.17, 15) is 4.79 Å². The summed E-state index contributed by atoms with van der Waals surface area (Å²) in [5.41, 5.74) is 5.04. The summed E-state index contributed by atoms with van der Waals surface area (Å²) in [5.74, 6) is 1.45. The fraction of sp³-hybridized carbons (Fsp3) is 0.400. The van der Waals surface area contributed by atoms with Crippen LogP contribution in [0.2, 0.25) is 0 Å². The number of ether oxygens (including phenoxy) is 1. The smallest absolute Gasteiger partial charge is 0.255 e. The minimum Gasteiger partial charge on any atom is -0.491 e. The third-order valence-corrected chi connectivity index (χ3v) is 7.03. The molecule has 0 radical (unpaired) electrons. The Labute approximate surface area is 192 Å². The average molecular weight is 445 g/mol. The molecule has 1 saturated heterocycles. The normalized spacial score (nSPS) is 24.2. The van der Waals surface area contributed by atoms with Gasteiger partial charge in [-0.3, -0.25) is 14.8 Å². The predicted molar refractivity (Wildman–Crippen MR) is 126 cm³/mol. The van der Waals surface area contributed by atoms with Crippen molar-refractivity contribution in [1.82, 2.24) is 25.2 Å². The lowest BCUT2D eigenvalue weighted by molar-refractivity contribution is 0.0939. The first-order chi connectivity index (χ1) is 16.3. The van der Waals surface area contributed by atoms with Gasteiger partial charge in [0, 0.05) is 48.6 Å². The molecule has 3 aromatic heterocycles. The van der Waals surface area contributed by atoms with E-state index >= 15 is 0 Å². The van der Waals surface area contributed by atoms with Crippen molar-refractivity contribution in [1.29, 1.82) is 0 Å². The molecule has 170 valence electrons. The Morgan fingerprint density at radius 1 is 1.12 bits per heavy atom. The summed E-state index contributed by atoms with van der Waals surface area (Å²) in [5, 5.41) is 6.59. The van der Waals surface area contributed by atoms with Crippen molar-refractivity contribution >= 4 is 17.3 Å². The van der Waals surface area contributed by atoms with Crippen LogP contribution in [-0.2, 0) is 0 Å². The van der Waals surface area contributed by atoms with E-state index < -0.39 is 0 Å². The molecule has 8 heteroatoms. The van der Waals surface area contributed by atoms with E-state index in [-0.39, 0.29) is 11.8 Å². The largest absolute Gasteiger partial charge is 0.491 e. The fourth-order valence-corrected chi connectivity index (χ4v) is 5.34. The highest BCUT2D eigenvalue weighted by atomic mass is 16.5. The van der Waals surface area contributed by atoms with Gasteiger partial charge in [-0.25, -0.2) is 0 Å². The molecule has 0 saturated carbocycles. The molecule has 1 fully saturated rings. The second-order valence-corrected chi connectivity index (χ2v) is 9.22. The van der Waals surface area contributed by atoms with Gasteiger partial charge in [0.15, 0.2) is 0 Å². The molecule has 1 unspecified atom stereocenters. The van der Waals surface area contributed by atoms with E-state index in [1.54, 1.807) is 24.8 Å². The lowest BCUT2D eigenvalue weighted by atomic mass is 9.92. The van der Waals surface area contributed by atoms with Gasteiger partial charge >= 0.3 is 0 Å². The standard InChI is InChI=1S/C25H28N6O2/c32-25-21-22-17(11-28-25)3-2-9-31-10-6-16(14-31)15-33-20-13-27-8-5-19(20)23(30-22)24(21)29-18-4-1-7-26-12-18/h1,4-5,7-8,12-13,16-17,29-30H,2-3,6,9-11,14-15H2,(H,28,32)/t16-,17-/m1/s1. The zero-order chi connectivity index (χ0) is 22.2. The van der Waals surface area contributed by atoms with Crippen molar-refractivity contribution in [2.24, 2.45) is 5.92 Å². The summed E-state index contributed by atoms with van der Waals surface area (Å²) in [6.07, 6.45) is 10.3. The van der Waals surface area contributed by atoms with Crippen molar-refractivity contribution in [2.45, 2.75) is 25.2 Å². The number of nitrogens with zero attached hydrogens (tertiary/aromatic N) is 3. The van der Waals surface area contributed by atoms with E-state index in [4.69, 9.17) is 4.74 Å². The number of aromatic nitrogens is 3. The predicted octanol–water partition coefficient (Wildman–Crippen LogP) is 3.54. The SMILES string of the molecule is O=C1NC[C@H]2CCCN3CC[C@@H](COc4cnccc4-c4[nH]c2c1c4Nc1cccnc1)C3. The monoisotopic (exact) mass is 444 g/mol. The van der Waals surface area contributed by atoms with Gasteiger partial charge in [0.2, 0.25) is 0 Å². The first-order valence-electron chi connectivity index (χ1n) is 11.8. The highest BCUT2D eigenvalue weighted by Gasteiger charge is 2.34. The van der Waals surface area contributed by atoms with E-state index in [1.807, 2.05) is 18.2 Å². The summed E-state index contributed by atoms with van der Waals surface area (Å²) in [6, 6.07) is 5.79. The van der Waals surface area contributed by atoms with Crippen LogP contribution >= 0.6 is 0 Å². The number of hydrogen-bond donors (Lipinski definition) is 3. The topological polar surface area (TPSA) is 95.2 Å². The number of carbonyl (C=O) groups excluding carboxylic acids is 1. The summed E-state index contributed by atoms with van der Waals surface area (Å²) in [4.78, 5) is 27.8. The second-order valence-electron chi connectivity index (χ2n) is 9.22. The van der Waals surface area contributed by atoms with Crippen LogP contribution in [0, 0.1) is 5.92 Å². The minimum absolute atomic E-state index is 0.0567. The summed E-state index contributed by atoms with van der Waals surface area (Å²) in [6.45, 7) is 4.62. The molecular weight excluding hydrogens is 416 g/mol. The molecule has 0 spiro atoms. The maximum atomic E-state index is 13.1. The molecule has 3 aromatic rings. The maximum absolute atomic E-state index is 13.1. The molecule has 0 aliphatic carbocycles. The van der Waals surface area contributed by atoms with Crippen LogP contribution in [0.5, 0.6) is 5.75 Å². The third-order valence-electron chi connectivity index (χ3n) is 7.03. The van der Waals surface area contributed by atoms with Crippen LogP contribution in [0.15, 0.2) is 43.0 Å². The van der Waals surface area contributed by atoms with Gasteiger partial charge in [0.1, 0.15) is 5.75 Å². The third kappa shape index (κ3) is 3.84. The summed E-state index contributed by atoms with van der Waals surface area (Å²) >= 11 is 0. The number of H-pyrrole nitrogens is 1. The van der Waals surface area contributed by atoms with E-state index in [2.05, 4.69) is 30.5 Å². The number of amides is 1. The zero-order valence-corrected chi connectivity index (χ0v) is 18.5. The number of anilines is 2. The van der Waals surface area contributed by atoms with Gasteiger partial charge in [0.25, 0.3) is 5.91 Å². The first-order valence-corrected chi connectivity index (χ1v) is 11.8. The van der Waals surface area contributed by atoms with Crippen molar-refractivity contribution < 1.29 is 9.53 Å². The van der Waals surface area contributed by atoms with Crippen molar-refractivity contribution in [3.05, 3.63) is 54.2 Å². The van der Waals surface area contributed by atoms with Crippen molar-refractivity contribution in [3.63, 3.8) is 0 Å². The Morgan fingerprint density at radius 2 is 2.06 bits per heavy atom. The lowest BCUT2D eigenvalue weighted by Gasteiger charge is -2.25. The first kappa shape index (κ1) is 20.2. The highest BCUT2D eigenvalue weighted by molar-refractivity contribution is 6.06. The van der Waals surface area contributed by atoms with Gasteiger partial charge in [0.05, 0.1) is 41.6 Å². The van der Waals surface area contributed by atoms with Crippen molar-refractivity contribution in [3.8, 4) is 17.0 Å². The van der Waals surface area contributed by atoms with Crippen molar-refractivity contribution in [2.75, 3.05) is 38.1 Å². The van der Waals surface area contributed by atoms with Gasteiger partial charge in [-0.15, -0.1) is 0 Å². The fourth-order valence-electron chi connectivity index (χ4n) is 5.34. The Hall–Kier alpha value is -3.39. The quantitative estimate of drug-likeness (QED) is 0.560. The zero-order valence-electron chi connectivity index (χ0n) is 18.5. The van der Waals surface area contributed by atoms with Crippen LogP contribution in [0.1, 0.15) is 41.2 Å². The van der Waals surface area contributed by atoms with Crippen LogP contribution in [0.4, 0.5) is 11.4 Å². The maximum Gasteiger partial charge on any atom is 0.255 e. The number of rotatable bonds is 2. The lowest BCUT2D eigenvalue weighted by Crippen LogP contribution is -2.35. The number of nitrogens with one attached hydrogen (secondary N) is 3. The van der Waals surface area contributed by atoms with Crippen LogP contribution < -0.4 is 15.4 Å². The molecule has 6 heterocycles. The van der Waals surface area contributed by atoms with Gasteiger partial charge in [-0.2, -0.15) is 0 Å². The number of carbonyl (C=O) groups is 1. The molecule has 3 aliphatic heterocycles. The van der Waals surface area contributed by atoms with Crippen LogP contribution in [0.25, 0.3) is 11.3 Å². The Kier molecular flexibility index (Phi) is 5.22. The molecule has 4 bridgehead atoms. The Bertz CT molecular complexity index is 1160. The molecule has 0 aromatic carbocycles. The average Bonchev–Trinajstić information content (AvgIpc) is 3.45. The molecule has 8 nitrogen and oxygen atoms in total. The van der Waals surface area contributed by atoms with Crippen LogP contribution in [0.3, 0.4) is 0 Å². The summed E-state index contributed by atoms with van der Waals surface area (Å²) in [7, 11) is 0. The number of fused-ring (bicyclic) bond motifs is 5.